The van der Waals surface area contributed by atoms with Crippen molar-refractivity contribution >= 4 is 28.7 Å². The minimum Gasteiger partial charge on any atom is -0.481 e. The number of aromatic nitrogens is 3. The molecule has 184 valence electrons. The number of aliphatic hydroxyl groups excluding tert-OH is 1. The Morgan fingerprint density at radius 3 is 2.50 bits per heavy atom. The normalized spacial score (nSPS) is 15.4. The lowest BCUT2D eigenvalue weighted by atomic mass is 9.98. The lowest BCUT2D eigenvalue weighted by Gasteiger charge is -2.16. The topological polar surface area (TPSA) is 113 Å². The zero-order chi connectivity index (χ0) is 25.4. The number of thiophene rings is 1. The van der Waals surface area contributed by atoms with E-state index in [2.05, 4.69) is 27.6 Å². The molecule has 0 radical (unpaired) electrons. The van der Waals surface area contributed by atoms with Gasteiger partial charge in [0.15, 0.2) is 5.82 Å². The van der Waals surface area contributed by atoms with Gasteiger partial charge in [0.1, 0.15) is 16.9 Å². The number of nitrogens with one attached hydrogen (secondary N) is 1. The Bertz CT molecular complexity index is 1440. The number of rotatable bonds is 7. The van der Waals surface area contributed by atoms with Gasteiger partial charge in [0.2, 0.25) is 0 Å². The number of hydrogen-bond acceptors (Lipinski definition) is 7. The van der Waals surface area contributed by atoms with Crippen LogP contribution in [0, 0.1) is 19.8 Å². The highest BCUT2D eigenvalue weighted by Crippen LogP contribution is 2.41. The van der Waals surface area contributed by atoms with Crippen molar-refractivity contribution in [3.8, 4) is 5.00 Å². The molecule has 5 rings (SSSR count). The lowest BCUT2D eigenvalue weighted by Crippen LogP contribution is -2.21. The first-order valence-electron chi connectivity index (χ1n) is 11.7. The molecular weight excluding hydrogens is 474 g/mol. The SMILES string of the molecule is Cc1c(CO)sc2c1C(c1ccc(NCc3ccccc3)cc1)=N[C@@H](C(C)C(=O)O)c1nnc(C)n1-2. The third-order valence-electron chi connectivity index (χ3n) is 6.55. The van der Waals surface area contributed by atoms with E-state index in [0.29, 0.717) is 23.9 Å². The van der Waals surface area contributed by atoms with Crippen LogP contribution in [0.4, 0.5) is 5.69 Å². The van der Waals surface area contributed by atoms with Crippen molar-refractivity contribution in [2.75, 3.05) is 5.32 Å². The van der Waals surface area contributed by atoms with Gasteiger partial charge in [-0.25, -0.2) is 0 Å². The van der Waals surface area contributed by atoms with Gasteiger partial charge >= 0.3 is 5.97 Å². The van der Waals surface area contributed by atoms with Crippen molar-refractivity contribution in [1.29, 1.82) is 0 Å². The molecule has 4 aromatic rings. The number of aliphatic carboxylic acids is 1. The molecule has 2 atom stereocenters. The first-order chi connectivity index (χ1) is 17.4. The molecule has 9 heteroatoms. The van der Waals surface area contributed by atoms with Gasteiger partial charge in [-0.2, -0.15) is 0 Å². The minimum atomic E-state index is -0.950. The summed E-state index contributed by atoms with van der Waals surface area (Å²) in [4.78, 5) is 17.9. The van der Waals surface area contributed by atoms with Gasteiger partial charge in [-0.3, -0.25) is 14.4 Å². The number of fused-ring (bicyclic) bond motifs is 3. The molecule has 36 heavy (non-hydrogen) atoms. The zero-order valence-electron chi connectivity index (χ0n) is 20.3. The highest BCUT2D eigenvalue weighted by Gasteiger charge is 2.36. The van der Waals surface area contributed by atoms with Crippen LogP contribution in [0.1, 0.15) is 51.7 Å². The highest BCUT2D eigenvalue weighted by atomic mass is 32.1. The molecule has 0 aliphatic carbocycles. The minimum absolute atomic E-state index is 0.0927. The number of aliphatic hydroxyl groups is 1. The fourth-order valence-corrected chi connectivity index (χ4v) is 5.67. The maximum Gasteiger partial charge on any atom is 0.308 e. The maximum absolute atomic E-state index is 12.0. The third-order valence-corrected chi connectivity index (χ3v) is 7.82. The summed E-state index contributed by atoms with van der Waals surface area (Å²) in [7, 11) is 0. The number of carboxylic acid groups (broad SMARTS) is 1. The standard InChI is InChI=1S/C27H27N5O3S/c1-15-21(14-33)36-26-22(15)24(29-23(16(2)27(34)35)25-31-30-17(3)32(25)26)19-9-11-20(12-10-19)28-13-18-7-5-4-6-8-18/h4-12,16,23,28,33H,13-14H2,1-3H3,(H,34,35)/t16?,23-/m0/s1. The quantitative estimate of drug-likeness (QED) is 0.339. The number of benzene rings is 2. The van der Waals surface area contributed by atoms with Gasteiger partial charge in [0.25, 0.3) is 0 Å². The average molecular weight is 502 g/mol. The molecule has 0 saturated carbocycles. The Balaban J connectivity index is 1.60. The van der Waals surface area contributed by atoms with Crippen LogP contribution in [-0.4, -0.2) is 36.7 Å². The summed E-state index contributed by atoms with van der Waals surface area (Å²) in [5.74, 6) is -0.614. The summed E-state index contributed by atoms with van der Waals surface area (Å²) >= 11 is 1.46. The molecule has 0 spiro atoms. The fourth-order valence-electron chi connectivity index (χ4n) is 4.45. The molecule has 1 aliphatic heterocycles. The Kier molecular flexibility index (Phi) is 6.42. The Morgan fingerprint density at radius 1 is 1.11 bits per heavy atom. The average Bonchev–Trinajstić information content (AvgIpc) is 3.38. The summed E-state index contributed by atoms with van der Waals surface area (Å²) in [6, 6.07) is 17.5. The molecule has 8 nitrogen and oxygen atoms in total. The van der Waals surface area contributed by atoms with Crippen LogP contribution >= 0.6 is 11.3 Å². The molecule has 0 amide bonds. The summed E-state index contributed by atoms with van der Waals surface area (Å²) in [6.07, 6.45) is 0. The zero-order valence-corrected chi connectivity index (χ0v) is 21.1. The first-order valence-corrected chi connectivity index (χ1v) is 12.5. The fraction of sp³-hybridized carbons (Fsp3) is 0.259. The molecule has 0 bridgehead atoms. The largest absolute Gasteiger partial charge is 0.481 e. The number of carboxylic acids is 1. The van der Waals surface area contributed by atoms with E-state index in [9.17, 15) is 15.0 Å². The highest BCUT2D eigenvalue weighted by molar-refractivity contribution is 7.15. The maximum atomic E-state index is 12.0. The van der Waals surface area contributed by atoms with Crippen molar-refractivity contribution in [3.05, 3.63) is 93.4 Å². The van der Waals surface area contributed by atoms with Crippen molar-refractivity contribution < 1.29 is 15.0 Å². The molecule has 2 aromatic carbocycles. The van der Waals surface area contributed by atoms with E-state index in [0.717, 1.165) is 32.3 Å². The molecule has 2 aromatic heterocycles. The monoisotopic (exact) mass is 501 g/mol. The van der Waals surface area contributed by atoms with E-state index in [1.165, 1.54) is 16.9 Å². The van der Waals surface area contributed by atoms with Crippen molar-refractivity contribution in [1.82, 2.24) is 14.8 Å². The number of aryl methyl sites for hydroxylation is 1. The van der Waals surface area contributed by atoms with Gasteiger partial charge < -0.3 is 15.5 Å². The van der Waals surface area contributed by atoms with Crippen molar-refractivity contribution in [3.63, 3.8) is 0 Å². The number of carbonyl (C=O) groups is 1. The smallest absolute Gasteiger partial charge is 0.308 e. The first kappa shape index (κ1) is 23.9. The van der Waals surface area contributed by atoms with E-state index in [1.54, 1.807) is 6.92 Å². The molecule has 3 N–H and O–H groups in total. The molecule has 3 heterocycles. The van der Waals surface area contributed by atoms with Gasteiger partial charge in [-0.15, -0.1) is 21.5 Å². The van der Waals surface area contributed by atoms with Crippen molar-refractivity contribution in [2.24, 2.45) is 10.9 Å². The third kappa shape index (κ3) is 4.20. The summed E-state index contributed by atoms with van der Waals surface area (Å²) < 4.78 is 1.89. The van der Waals surface area contributed by atoms with Crippen molar-refractivity contribution in [2.45, 2.75) is 40.0 Å². The van der Waals surface area contributed by atoms with Crippen LogP contribution in [0.3, 0.4) is 0 Å². The van der Waals surface area contributed by atoms with Crippen LogP contribution < -0.4 is 5.32 Å². The van der Waals surface area contributed by atoms with Gasteiger partial charge in [-0.1, -0.05) is 42.5 Å². The van der Waals surface area contributed by atoms with Gasteiger partial charge in [-0.05, 0) is 44.0 Å². The second-order valence-corrected chi connectivity index (χ2v) is 9.98. The molecular formula is C27H27N5O3S. The predicted octanol–water partition coefficient (Wildman–Crippen LogP) is 4.66. The summed E-state index contributed by atoms with van der Waals surface area (Å²) in [6.45, 7) is 6.07. The molecule has 1 aliphatic rings. The number of nitrogens with zero attached hydrogens (tertiary/aromatic N) is 4. The van der Waals surface area contributed by atoms with Crippen LogP contribution in [0.2, 0.25) is 0 Å². The number of anilines is 1. The Labute approximate surface area is 213 Å². The summed E-state index contributed by atoms with van der Waals surface area (Å²) in [5.41, 5.74) is 5.51. The van der Waals surface area contributed by atoms with E-state index in [4.69, 9.17) is 4.99 Å². The van der Waals surface area contributed by atoms with E-state index in [-0.39, 0.29) is 6.61 Å². The van der Waals surface area contributed by atoms with Gasteiger partial charge in [0, 0.05) is 28.2 Å². The van der Waals surface area contributed by atoms with E-state index < -0.39 is 17.9 Å². The second kappa shape index (κ2) is 9.67. The van der Waals surface area contributed by atoms with Crippen LogP contribution in [0.15, 0.2) is 59.6 Å². The predicted molar refractivity (Wildman–Crippen MR) is 140 cm³/mol. The molecule has 0 saturated heterocycles. The molecule has 0 fully saturated rings. The van der Waals surface area contributed by atoms with E-state index >= 15 is 0 Å². The van der Waals surface area contributed by atoms with Crippen LogP contribution in [0.5, 0.6) is 0 Å². The summed E-state index contributed by atoms with van der Waals surface area (Å²) in [5, 5.41) is 32.7. The van der Waals surface area contributed by atoms with Gasteiger partial charge in [0.05, 0.1) is 18.2 Å². The number of aliphatic imine (C=N–C) groups is 1. The Morgan fingerprint density at radius 2 is 1.83 bits per heavy atom. The lowest BCUT2D eigenvalue weighted by molar-refractivity contribution is -0.141. The Hall–Kier alpha value is -3.82. The van der Waals surface area contributed by atoms with E-state index in [1.807, 2.05) is 60.9 Å². The number of hydrogen-bond donors (Lipinski definition) is 3. The molecule has 1 unspecified atom stereocenters. The van der Waals surface area contributed by atoms with Crippen LogP contribution in [-0.2, 0) is 17.9 Å². The van der Waals surface area contributed by atoms with Crippen LogP contribution in [0.25, 0.3) is 5.00 Å². The second-order valence-electron chi connectivity index (χ2n) is 8.90.